The highest BCUT2D eigenvalue weighted by Gasteiger charge is 2.29. The van der Waals surface area contributed by atoms with E-state index < -0.39 is 10.0 Å². The Morgan fingerprint density at radius 2 is 1.85 bits per heavy atom. The first-order valence-electron chi connectivity index (χ1n) is 11.4. The maximum atomic E-state index is 13.1. The summed E-state index contributed by atoms with van der Waals surface area (Å²) in [5, 5.41) is 2.79. The van der Waals surface area contributed by atoms with Crippen LogP contribution in [0.5, 0.6) is 0 Å². The third-order valence-corrected chi connectivity index (χ3v) is 7.29. The zero-order valence-electron chi connectivity index (χ0n) is 20.0. The first-order valence-corrected chi connectivity index (χ1v) is 12.9. The molecule has 182 valence electrons. The molecule has 1 atom stereocenters. The number of hydrogen-bond acceptors (Lipinski definition) is 4. The molecule has 3 rings (SSSR count). The summed E-state index contributed by atoms with van der Waals surface area (Å²) < 4.78 is 28.4. The van der Waals surface area contributed by atoms with Crippen LogP contribution in [0.25, 0.3) is 0 Å². The molecule has 1 unspecified atom stereocenters. The summed E-state index contributed by atoms with van der Waals surface area (Å²) in [6, 6.07) is 13.2. The minimum absolute atomic E-state index is 0.0792. The summed E-state index contributed by atoms with van der Waals surface area (Å²) >= 11 is 0. The topological polar surface area (TPSA) is 95.6 Å². The Morgan fingerprint density at radius 1 is 1.15 bits per heavy atom. The number of carbonyl (C=O) groups excluding carboxylic acids is 2. The van der Waals surface area contributed by atoms with E-state index in [1.165, 1.54) is 6.07 Å². The van der Waals surface area contributed by atoms with Crippen LogP contribution in [0.3, 0.4) is 0 Å². The summed E-state index contributed by atoms with van der Waals surface area (Å²) in [5.41, 5.74) is 1.64. The molecule has 7 nitrogen and oxygen atoms in total. The lowest BCUT2D eigenvalue weighted by Gasteiger charge is -2.32. The van der Waals surface area contributed by atoms with E-state index in [0.717, 1.165) is 18.4 Å². The van der Waals surface area contributed by atoms with Crippen molar-refractivity contribution in [3.63, 3.8) is 0 Å². The van der Waals surface area contributed by atoms with Gasteiger partial charge in [-0.2, -0.15) is 0 Å². The van der Waals surface area contributed by atoms with Crippen molar-refractivity contribution in [2.24, 2.45) is 5.92 Å². The Balaban J connectivity index is 1.72. The van der Waals surface area contributed by atoms with E-state index in [4.69, 9.17) is 0 Å². The fourth-order valence-electron chi connectivity index (χ4n) is 3.94. The van der Waals surface area contributed by atoms with Crippen molar-refractivity contribution in [1.82, 2.24) is 10.2 Å². The maximum Gasteiger partial charge on any atom is 0.261 e. The Hall–Kier alpha value is -3.13. The second kappa shape index (κ2) is 10.4. The van der Waals surface area contributed by atoms with Crippen molar-refractivity contribution in [2.45, 2.75) is 43.9 Å². The molecule has 2 aromatic rings. The number of nitrogens with zero attached hydrogens (tertiary/aromatic N) is 1. The van der Waals surface area contributed by atoms with Gasteiger partial charge in [0, 0.05) is 30.9 Å². The minimum Gasteiger partial charge on any atom is -0.352 e. The average Bonchev–Trinajstić information content (AvgIpc) is 2.81. The predicted molar refractivity (Wildman–Crippen MR) is 134 cm³/mol. The highest BCUT2D eigenvalue weighted by atomic mass is 32.2. The zero-order chi connectivity index (χ0) is 24.9. The molecule has 2 amide bonds. The van der Waals surface area contributed by atoms with Crippen LogP contribution in [0.15, 0.2) is 66.1 Å². The average molecular weight is 484 g/mol. The van der Waals surface area contributed by atoms with E-state index in [9.17, 15) is 18.0 Å². The van der Waals surface area contributed by atoms with Gasteiger partial charge in [-0.25, -0.2) is 8.42 Å². The van der Waals surface area contributed by atoms with Gasteiger partial charge in [0.2, 0.25) is 5.91 Å². The largest absolute Gasteiger partial charge is 0.352 e. The number of carbonyl (C=O) groups is 2. The van der Waals surface area contributed by atoms with Gasteiger partial charge < -0.3 is 10.2 Å². The van der Waals surface area contributed by atoms with Crippen LogP contribution in [-0.4, -0.2) is 44.8 Å². The molecule has 1 aliphatic heterocycles. The van der Waals surface area contributed by atoms with Crippen molar-refractivity contribution in [1.29, 1.82) is 0 Å². The molecule has 0 bridgehead atoms. The third-order valence-electron chi connectivity index (χ3n) is 5.89. The lowest BCUT2D eigenvalue weighted by Crippen LogP contribution is -2.45. The Bertz CT molecular complexity index is 1150. The standard InChI is InChI=1S/C26H33N3O4S/c1-5-15-27-24(30)20-9-7-16-29(18-20)25(31)19-8-6-10-22(17-19)28-34(32,33)23-13-11-21(12-14-23)26(2,3)4/h5-6,8,10-14,17,20,28H,1,7,9,15-16,18H2,2-4H3,(H,27,30). The molecule has 0 aliphatic carbocycles. The third kappa shape index (κ3) is 6.26. The fraction of sp³-hybridized carbons (Fsp3) is 0.385. The highest BCUT2D eigenvalue weighted by molar-refractivity contribution is 7.92. The molecule has 1 saturated heterocycles. The van der Waals surface area contributed by atoms with Crippen LogP contribution >= 0.6 is 0 Å². The van der Waals surface area contributed by atoms with E-state index in [0.29, 0.717) is 30.9 Å². The molecule has 1 fully saturated rings. The van der Waals surface area contributed by atoms with Gasteiger partial charge in [0.1, 0.15) is 0 Å². The van der Waals surface area contributed by atoms with E-state index in [2.05, 4.69) is 37.4 Å². The number of hydrogen-bond donors (Lipinski definition) is 2. The number of amides is 2. The number of rotatable bonds is 7. The first kappa shape index (κ1) is 25.5. The highest BCUT2D eigenvalue weighted by Crippen LogP contribution is 2.25. The number of sulfonamides is 1. The lowest BCUT2D eigenvalue weighted by molar-refractivity contribution is -0.126. The van der Waals surface area contributed by atoms with Gasteiger partial charge in [0.15, 0.2) is 0 Å². The fourth-order valence-corrected chi connectivity index (χ4v) is 4.99. The van der Waals surface area contributed by atoms with E-state index in [1.807, 2.05) is 12.1 Å². The molecule has 34 heavy (non-hydrogen) atoms. The van der Waals surface area contributed by atoms with Crippen molar-refractivity contribution in [3.8, 4) is 0 Å². The van der Waals surface area contributed by atoms with E-state index in [1.54, 1.807) is 41.3 Å². The van der Waals surface area contributed by atoms with Gasteiger partial charge in [-0.05, 0) is 54.2 Å². The molecule has 2 N–H and O–H groups in total. The van der Waals surface area contributed by atoms with Gasteiger partial charge in [-0.15, -0.1) is 6.58 Å². The molecule has 0 radical (unpaired) electrons. The molecule has 1 aliphatic rings. The molecule has 1 heterocycles. The van der Waals surface area contributed by atoms with Gasteiger partial charge in [-0.1, -0.05) is 45.0 Å². The van der Waals surface area contributed by atoms with E-state index >= 15 is 0 Å². The second-order valence-electron chi connectivity index (χ2n) is 9.58. The Morgan fingerprint density at radius 3 is 2.50 bits per heavy atom. The van der Waals surface area contributed by atoms with Gasteiger partial charge >= 0.3 is 0 Å². The molecule has 0 saturated carbocycles. The minimum atomic E-state index is -3.81. The van der Waals surface area contributed by atoms with Crippen LogP contribution in [0, 0.1) is 5.92 Å². The van der Waals surface area contributed by atoms with Gasteiger partial charge in [0.05, 0.1) is 10.8 Å². The molecular formula is C26H33N3O4S. The molecule has 8 heteroatoms. The number of piperidine rings is 1. The lowest BCUT2D eigenvalue weighted by atomic mass is 9.87. The molecule has 2 aromatic carbocycles. The van der Waals surface area contributed by atoms with Gasteiger partial charge in [0.25, 0.3) is 15.9 Å². The normalized spacial score (nSPS) is 16.6. The SMILES string of the molecule is C=CCNC(=O)C1CCCN(C(=O)c2cccc(NS(=O)(=O)c3ccc(C(C)(C)C)cc3)c2)C1. The van der Waals surface area contributed by atoms with Gasteiger partial charge in [-0.3, -0.25) is 14.3 Å². The summed E-state index contributed by atoms with van der Waals surface area (Å²) in [7, 11) is -3.81. The Labute approximate surface area is 202 Å². The number of anilines is 1. The van der Waals surface area contributed by atoms with E-state index in [-0.39, 0.29) is 28.0 Å². The predicted octanol–water partition coefficient (Wildman–Crippen LogP) is 3.94. The summed E-state index contributed by atoms with van der Waals surface area (Å²) in [6.07, 6.45) is 3.07. The smallest absolute Gasteiger partial charge is 0.261 e. The summed E-state index contributed by atoms with van der Waals surface area (Å²) in [6.45, 7) is 11.1. The summed E-state index contributed by atoms with van der Waals surface area (Å²) in [4.78, 5) is 27.2. The quantitative estimate of drug-likeness (QED) is 0.583. The van der Waals surface area contributed by atoms with Crippen LogP contribution in [0.4, 0.5) is 5.69 Å². The van der Waals surface area contributed by atoms with Crippen molar-refractivity contribution < 1.29 is 18.0 Å². The Kier molecular flexibility index (Phi) is 7.82. The van der Waals surface area contributed by atoms with Crippen LogP contribution in [-0.2, 0) is 20.2 Å². The van der Waals surface area contributed by atoms with Crippen LogP contribution < -0.4 is 10.0 Å². The number of benzene rings is 2. The van der Waals surface area contributed by atoms with Crippen molar-refractivity contribution in [3.05, 3.63) is 72.3 Å². The van der Waals surface area contributed by atoms with Crippen molar-refractivity contribution >= 4 is 27.5 Å². The van der Waals surface area contributed by atoms with Crippen LogP contribution in [0.2, 0.25) is 0 Å². The second-order valence-corrected chi connectivity index (χ2v) is 11.3. The molecule has 0 aromatic heterocycles. The monoisotopic (exact) mass is 483 g/mol. The zero-order valence-corrected chi connectivity index (χ0v) is 20.8. The number of nitrogens with one attached hydrogen (secondary N) is 2. The first-order chi connectivity index (χ1) is 16.0. The molecule has 0 spiro atoms. The summed E-state index contributed by atoms with van der Waals surface area (Å²) in [5.74, 6) is -0.580. The van der Waals surface area contributed by atoms with Crippen molar-refractivity contribution in [2.75, 3.05) is 24.4 Å². The molecular weight excluding hydrogens is 450 g/mol. The maximum absolute atomic E-state index is 13.1. The number of likely N-dealkylation sites (tertiary alicyclic amines) is 1. The van der Waals surface area contributed by atoms with Crippen LogP contribution in [0.1, 0.15) is 49.5 Å².